The molecule has 0 fully saturated rings. The number of methoxy groups -OCH3 is 1. The van der Waals surface area contributed by atoms with Gasteiger partial charge in [0.1, 0.15) is 5.82 Å². The van der Waals surface area contributed by atoms with Gasteiger partial charge in [0.25, 0.3) is 0 Å². The summed E-state index contributed by atoms with van der Waals surface area (Å²) in [5.74, 6) is 0.918. The van der Waals surface area contributed by atoms with Crippen molar-refractivity contribution in [3.05, 3.63) is 36.5 Å². The molecule has 0 unspecified atom stereocenters. The molecule has 0 saturated carbocycles. The van der Waals surface area contributed by atoms with Crippen LogP contribution in [0, 0.1) is 0 Å². The Morgan fingerprint density at radius 2 is 2.44 bits per heavy atom. The van der Waals surface area contributed by atoms with Crippen molar-refractivity contribution in [3.63, 3.8) is 0 Å². The molecule has 0 radical (unpaired) electrons. The van der Waals surface area contributed by atoms with Gasteiger partial charge in [0.15, 0.2) is 0 Å². The van der Waals surface area contributed by atoms with Crippen molar-refractivity contribution in [2.45, 2.75) is 6.54 Å². The van der Waals surface area contributed by atoms with E-state index < -0.39 is 0 Å². The Morgan fingerprint density at radius 1 is 1.62 bits per heavy atom. The molecule has 88 valence electrons. The van der Waals surface area contributed by atoms with Crippen molar-refractivity contribution in [1.29, 1.82) is 0 Å². The summed E-state index contributed by atoms with van der Waals surface area (Å²) >= 11 is 0. The molecule has 1 rings (SSSR count). The number of hydrogen-bond acceptors (Lipinski definition) is 4. The lowest BCUT2D eigenvalue weighted by Crippen LogP contribution is -2.29. The lowest BCUT2D eigenvalue weighted by Gasteiger charge is -2.23. The molecule has 0 amide bonds. The Bertz CT molecular complexity index is 328. The lowest BCUT2D eigenvalue weighted by atomic mass is 10.2. The lowest BCUT2D eigenvalue weighted by molar-refractivity contribution is 0.205. The van der Waals surface area contributed by atoms with Gasteiger partial charge in [-0.05, 0) is 6.07 Å². The quantitative estimate of drug-likeness (QED) is 0.702. The molecule has 4 nitrogen and oxygen atoms in total. The van der Waals surface area contributed by atoms with E-state index in [-0.39, 0.29) is 0 Å². The number of hydrogen-bond donors (Lipinski definition) is 1. The van der Waals surface area contributed by atoms with E-state index in [0.29, 0.717) is 13.2 Å². The van der Waals surface area contributed by atoms with Crippen molar-refractivity contribution in [2.75, 3.05) is 31.7 Å². The van der Waals surface area contributed by atoms with Gasteiger partial charge in [0, 0.05) is 38.5 Å². The SMILES string of the molecule is C=CCN(CCOC)c1ncccc1CN. The highest BCUT2D eigenvalue weighted by Crippen LogP contribution is 2.16. The fraction of sp³-hybridized carbons (Fsp3) is 0.417. The van der Waals surface area contributed by atoms with Gasteiger partial charge in [-0.15, -0.1) is 6.58 Å². The first-order chi connectivity index (χ1) is 7.83. The highest BCUT2D eigenvalue weighted by Gasteiger charge is 2.09. The number of rotatable bonds is 7. The third-order valence-electron chi connectivity index (χ3n) is 2.30. The second-order valence-electron chi connectivity index (χ2n) is 3.42. The van der Waals surface area contributed by atoms with Crippen LogP contribution in [0.1, 0.15) is 5.56 Å². The van der Waals surface area contributed by atoms with E-state index in [1.807, 2.05) is 18.2 Å². The zero-order valence-electron chi connectivity index (χ0n) is 9.72. The highest BCUT2D eigenvalue weighted by atomic mass is 16.5. The summed E-state index contributed by atoms with van der Waals surface area (Å²) in [5, 5.41) is 0. The number of nitrogens with two attached hydrogens (primary N) is 1. The zero-order chi connectivity index (χ0) is 11.8. The fourth-order valence-corrected chi connectivity index (χ4v) is 1.52. The second kappa shape index (κ2) is 6.98. The minimum Gasteiger partial charge on any atom is -0.383 e. The highest BCUT2D eigenvalue weighted by molar-refractivity contribution is 5.47. The van der Waals surface area contributed by atoms with Crippen molar-refractivity contribution < 1.29 is 4.74 Å². The molecular formula is C12H19N3O. The molecule has 0 atom stereocenters. The molecule has 2 N–H and O–H groups in total. The largest absolute Gasteiger partial charge is 0.383 e. The van der Waals surface area contributed by atoms with Crippen molar-refractivity contribution >= 4 is 5.82 Å². The van der Waals surface area contributed by atoms with E-state index in [1.54, 1.807) is 13.3 Å². The molecule has 0 bridgehead atoms. The average molecular weight is 221 g/mol. The monoisotopic (exact) mass is 221 g/mol. The first kappa shape index (κ1) is 12.7. The summed E-state index contributed by atoms with van der Waals surface area (Å²) in [4.78, 5) is 6.47. The number of nitrogens with zero attached hydrogens (tertiary/aromatic N) is 2. The molecule has 1 aromatic rings. The van der Waals surface area contributed by atoms with Crippen molar-refractivity contribution in [1.82, 2.24) is 4.98 Å². The summed E-state index contributed by atoms with van der Waals surface area (Å²) < 4.78 is 5.08. The summed E-state index contributed by atoms with van der Waals surface area (Å²) in [5.41, 5.74) is 6.73. The van der Waals surface area contributed by atoms with Gasteiger partial charge >= 0.3 is 0 Å². The van der Waals surface area contributed by atoms with Crippen LogP contribution in [0.2, 0.25) is 0 Å². The Labute approximate surface area is 96.7 Å². The van der Waals surface area contributed by atoms with E-state index in [9.17, 15) is 0 Å². The van der Waals surface area contributed by atoms with Crippen molar-refractivity contribution in [2.24, 2.45) is 5.73 Å². The van der Waals surface area contributed by atoms with Gasteiger partial charge in [0.05, 0.1) is 6.61 Å². The summed E-state index contributed by atoms with van der Waals surface area (Å²) in [6, 6.07) is 3.89. The molecule has 1 heterocycles. The van der Waals surface area contributed by atoms with E-state index in [2.05, 4.69) is 16.5 Å². The Balaban J connectivity index is 2.85. The molecule has 0 spiro atoms. The van der Waals surface area contributed by atoms with Crippen LogP contribution in [0.4, 0.5) is 5.82 Å². The second-order valence-corrected chi connectivity index (χ2v) is 3.42. The van der Waals surface area contributed by atoms with Crippen LogP contribution in [-0.2, 0) is 11.3 Å². The predicted octanol–water partition coefficient (Wildman–Crippen LogP) is 1.18. The molecular weight excluding hydrogens is 202 g/mol. The first-order valence-corrected chi connectivity index (χ1v) is 5.32. The number of ether oxygens (including phenoxy) is 1. The van der Waals surface area contributed by atoms with Crippen LogP contribution in [0.5, 0.6) is 0 Å². The van der Waals surface area contributed by atoms with Crippen LogP contribution >= 0.6 is 0 Å². The molecule has 0 aliphatic carbocycles. The van der Waals surface area contributed by atoms with Gasteiger partial charge < -0.3 is 15.4 Å². The standard InChI is InChI=1S/C12H19N3O/c1-3-7-15(8-9-16-2)12-11(10-13)5-4-6-14-12/h3-6H,1,7-10,13H2,2H3. The number of pyridine rings is 1. The molecule has 0 aliphatic heterocycles. The van der Waals surface area contributed by atoms with Crippen molar-refractivity contribution in [3.8, 4) is 0 Å². The normalized spacial score (nSPS) is 10.1. The van der Waals surface area contributed by atoms with E-state index in [4.69, 9.17) is 10.5 Å². The fourth-order valence-electron chi connectivity index (χ4n) is 1.52. The van der Waals surface area contributed by atoms with Gasteiger partial charge in [0.2, 0.25) is 0 Å². The third kappa shape index (κ3) is 3.32. The van der Waals surface area contributed by atoms with Gasteiger partial charge in [-0.1, -0.05) is 12.1 Å². The minimum atomic E-state index is 0.490. The maximum Gasteiger partial charge on any atom is 0.133 e. The minimum absolute atomic E-state index is 0.490. The van der Waals surface area contributed by atoms with E-state index >= 15 is 0 Å². The molecule has 0 aromatic carbocycles. The summed E-state index contributed by atoms with van der Waals surface area (Å²) in [6.07, 6.45) is 3.63. The van der Waals surface area contributed by atoms with Crippen LogP contribution in [-0.4, -0.2) is 31.8 Å². The van der Waals surface area contributed by atoms with Gasteiger partial charge in [-0.3, -0.25) is 0 Å². The number of anilines is 1. The zero-order valence-corrected chi connectivity index (χ0v) is 9.72. The number of aromatic nitrogens is 1. The van der Waals surface area contributed by atoms with Crippen LogP contribution in [0.25, 0.3) is 0 Å². The predicted molar refractivity (Wildman–Crippen MR) is 66.4 cm³/mol. The van der Waals surface area contributed by atoms with Crippen LogP contribution in [0.3, 0.4) is 0 Å². The molecule has 0 aliphatic rings. The smallest absolute Gasteiger partial charge is 0.133 e. The Hall–Kier alpha value is -1.39. The molecule has 4 heteroatoms. The molecule has 1 aromatic heterocycles. The first-order valence-electron chi connectivity index (χ1n) is 5.32. The Kier molecular flexibility index (Phi) is 5.53. The third-order valence-corrected chi connectivity index (χ3v) is 2.30. The van der Waals surface area contributed by atoms with Crippen LogP contribution in [0.15, 0.2) is 31.0 Å². The van der Waals surface area contributed by atoms with E-state index in [1.165, 1.54) is 0 Å². The van der Waals surface area contributed by atoms with Crippen LogP contribution < -0.4 is 10.6 Å². The topological polar surface area (TPSA) is 51.4 Å². The Morgan fingerprint density at radius 3 is 3.06 bits per heavy atom. The molecule has 0 saturated heterocycles. The van der Waals surface area contributed by atoms with Gasteiger partial charge in [-0.2, -0.15) is 0 Å². The van der Waals surface area contributed by atoms with Gasteiger partial charge in [-0.25, -0.2) is 4.98 Å². The average Bonchev–Trinajstić information content (AvgIpc) is 2.34. The summed E-state index contributed by atoms with van der Waals surface area (Å²) in [6.45, 7) is 6.43. The summed E-state index contributed by atoms with van der Waals surface area (Å²) in [7, 11) is 1.69. The maximum atomic E-state index is 5.69. The van der Waals surface area contributed by atoms with E-state index in [0.717, 1.165) is 24.5 Å². The maximum absolute atomic E-state index is 5.69. The molecule has 16 heavy (non-hydrogen) atoms.